The van der Waals surface area contributed by atoms with Gasteiger partial charge in [-0.25, -0.2) is 13.2 Å². The summed E-state index contributed by atoms with van der Waals surface area (Å²) in [5.41, 5.74) is 0.366. The van der Waals surface area contributed by atoms with Crippen molar-refractivity contribution in [2.75, 3.05) is 25.1 Å². The van der Waals surface area contributed by atoms with E-state index in [-0.39, 0.29) is 18.1 Å². The number of benzene rings is 2. The molecule has 29 heavy (non-hydrogen) atoms. The monoisotopic (exact) mass is 405 g/mol. The van der Waals surface area contributed by atoms with Crippen LogP contribution in [-0.2, 0) is 4.74 Å². The van der Waals surface area contributed by atoms with Gasteiger partial charge in [0.2, 0.25) is 5.96 Å². The minimum absolute atomic E-state index is 0.0251. The number of fused-ring (bicyclic) bond motifs is 1. The highest BCUT2D eigenvalue weighted by Crippen LogP contribution is 2.21. The summed E-state index contributed by atoms with van der Waals surface area (Å²) in [6.07, 6.45) is 0. The molecule has 0 saturated carbocycles. The number of halogens is 3. The number of anilines is 1. The summed E-state index contributed by atoms with van der Waals surface area (Å²) in [6, 6.07) is 6.87. The van der Waals surface area contributed by atoms with Crippen molar-refractivity contribution in [2.45, 2.75) is 6.92 Å². The number of nitrogens with one attached hydrogen (secondary N) is 3. The average Bonchev–Trinajstić information content (AvgIpc) is 3.08. The van der Waals surface area contributed by atoms with Gasteiger partial charge in [0.05, 0.1) is 18.7 Å². The van der Waals surface area contributed by atoms with Crippen LogP contribution in [-0.4, -0.2) is 41.8 Å². The Kier molecular flexibility index (Phi) is 6.45. The van der Waals surface area contributed by atoms with Crippen molar-refractivity contribution in [1.82, 2.24) is 15.5 Å². The van der Waals surface area contributed by atoms with E-state index in [1.165, 1.54) is 18.2 Å². The summed E-state index contributed by atoms with van der Waals surface area (Å²) in [7, 11) is 0. The molecule has 0 aliphatic rings. The fourth-order valence-electron chi connectivity index (χ4n) is 2.49. The second kappa shape index (κ2) is 9.20. The number of hydrogen-bond acceptors (Lipinski definition) is 4. The molecule has 152 valence electrons. The Bertz CT molecular complexity index is 1050. The fraction of sp³-hybridized carbons (Fsp3) is 0.211. The summed E-state index contributed by atoms with van der Waals surface area (Å²) < 4.78 is 45.1. The van der Waals surface area contributed by atoms with Gasteiger partial charge in [0.25, 0.3) is 5.91 Å². The smallest absolute Gasteiger partial charge is 0.258 e. The van der Waals surface area contributed by atoms with Gasteiger partial charge in [0.1, 0.15) is 5.82 Å². The zero-order valence-corrected chi connectivity index (χ0v) is 15.4. The molecule has 7 nitrogen and oxygen atoms in total. The molecule has 2 aromatic carbocycles. The van der Waals surface area contributed by atoms with Crippen molar-refractivity contribution >= 4 is 28.6 Å². The highest BCUT2D eigenvalue weighted by atomic mass is 19.2. The van der Waals surface area contributed by atoms with E-state index < -0.39 is 23.4 Å². The summed E-state index contributed by atoms with van der Waals surface area (Å²) in [5, 5.41) is 12.7. The number of aromatic nitrogens is 2. The van der Waals surface area contributed by atoms with Gasteiger partial charge < -0.3 is 10.1 Å². The van der Waals surface area contributed by atoms with E-state index in [2.05, 4.69) is 25.8 Å². The molecule has 3 aromatic rings. The number of nitrogens with zero attached hydrogens (tertiary/aromatic N) is 2. The lowest BCUT2D eigenvalue weighted by molar-refractivity contribution is 0.0976. The topological polar surface area (TPSA) is 91.4 Å². The maximum absolute atomic E-state index is 13.4. The zero-order valence-electron chi connectivity index (χ0n) is 15.4. The van der Waals surface area contributed by atoms with E-state index in [4.69, 9.17) is 4.74 Å². The molecule has 0 aliphatic carbocycles. The molecule has 0 saturated heterocycles. The van der Waals surface area contributed by atoms with Gasteiger partial charge in [-0.2, -0.15) is 5.10 Å². The molecule has 3 rings (SSSR count). The lowest BCUT2D eigenvalue weighted by Gasteiger charge is -2.11. The molecule has 0 atom stereocenters. The van der Waals surface area contributed by atoms with Crippen LogP contribution in [0.4, 0.5) is 19.0 Å². The van der Waals surface area contributed by atoms with E-state index in [1.54, 1.807) is 0 Å². The molecule has 3 N–H and O–H groups in total. The number of rotatable bonds is 6. The maximum atomic E-state index is 13.4. The molecule has 0 radical (unpaired) electrons. The maximum Gasteiger partial charge on any atom is 0.258 e. The molecule has 1 amide bonds. The van der Waals surface area contributed by atoms with E-state index in [1.807, 2.05) is 6.92 Å². The summed E-state index contributed by atoms with van der Waals surface area (Å²) in [4.78, 5) is 16.6. The predicted molar refractivity (Wildman–Crippen MR) is 102 cm³/mol. The number of hydrogen-bond donors (Lipinski definition) is 3. The van der Waals surface area contributed by atoms with E-state index >= 15 is 0 Å². The third-order valence-electron chi connectivity index (χ3n) is 3.89. The number of aliphatic imine (C=N–C) groups is 1. The molecular formula is C19H18F3N5O2. The highest BCUT2D eigenvalue weighted by Gasteiger charge is 2.14. The van der Waals surface area contributed by atoms with Gasteiger partial charge in [-0.3, -0.25) is 20.2 Å². The van der Waals surface area contributed by atoms with Crippen LogP contribution in [0.3, 0.4) is 0 Å². The summed E-state index contributed by atoms with van der Waals surface area (Å²) >= 11 is 0. The molecule has 1 aromatic heterocycles. The van der Waals surface area contributed by atoms with Gasteiger partial charge >= 0.3 is 0 Å². The third kappa shape index (κ3) is 5.11. The van der Waals surface area contributed by atoms with Crippen LogP contribution < -0.4 is 10.6 Å². The second-order valence-corrected chi connectivity index (χ2v) is 5.90. The van der Waals surface area contributed by atoms with Crippen LogP contribution >= 0.6 is 0 Å². The lowest BCUT2D eigenvalue weighted by atomic mass is 10.2. The Balaban J connectivity index is 1.81. The van der Waals surface area contributed by atoms with Gasteiger partial charge in [0, 0.05) is 17.6 Å². The van der Waals surface area contributed by atoms with Gasteiger partial charge in [-0.05, 0) is 43.3 Å². The Morgan fingerprint density at radius 1 is 1.17 bits per heavy atom. The number of amides is 1. The molecule has 10 heteroatoms. The fourth-order valence-corrected chi connectivity index (χ4v) is 2.49. The standard InChI is InChI=1S/C19H18F3N5O2/c1-2-29-8-7-23-19(25-18(28)11-3-6-14(21)15(22)9-11)24-17-13-5-4-12(20)10-16(13)26-27-17/h3-6,9-10H,2,7-8H2,1H3,(H3,23,24,25,26,27,28). The Labute approximate surface area is 164 Å². The minimum Gasteiger partial charge on any atom is -0.380 e. The van der Waals surface area contributed by atoms with Crippen molar-refractivity contribution in [3.8, 4) is 0 Å². The molecule has 0 spiro atoms. The molecule has 0 aliphatic heterocycles. The van der Waals surface area contributed by atoms with Crippen LogP contribution in [0.5, 0.6) is 0 Å². The normalized spacial score (nSPS) is 11.7. The molecular weight excluding hydrogens is 387 g/mol. The van der Waals surface area contributed by atoms with Crippen LogP contribution in [0, 0.1) is 17.5 Å². The predicted octanol–water partition coefficient (Wildman–Crippen LogP) is 3.21. The number of aromatic amines is 1. The first kappa shape index (κ1) is 20.3. The first-order chi connectivity index (χ1) is 14.0. The first-order valence-corrected chi connectivity index (χ1v) is 8.77. The van der Waals surface area contributed by atoms with Crippen LogP contribution in [0.2, 0.25) is 0 Å². The van der Waals surface area contributed by atoms with Gasteiger partial charge in [-0.1, -0.05) is 0 Å². The average molecular weight is 405 g/mol. The van der Waals surface area contributed by atoms with E-state index in [0.29, 0.717) is 29.9 Å². The Morgan fingerprint density at radius 2 is 2.00 bits per heavy atom. The third-order valence-corrected chi connectivity index (χ3v) is 3.89. The van der Waals surface area contributed by atoms with E-state index in [0.717, 1.165) is 18.2 Å². The highest BCUT2D eigenvalue weighted by molar-refractivity contribution is 6.11. The van der Waals surface area contributed by atoms with Crippen molar-refractivity contribution < 1.29 is 22.7 Å². The van der Waals surface area contributed by atoms with Gasteiger partial charge in [-0.15, -0.1) is 0 Å². The zero-order chi connectivity index (χ0) is 20.8. The number of carbonyl (C=O) groups excluding carboxylic acids is 1. The minimum atomic E-state index is -1.14. The van der Waals surface area contributed by atoms with Crippen molar-refractivity contribution in [1.29, 1.82) is 0 Å². The molecule has 0 fully saturated rings. The largest absolute Gasteiger partial charge is 0.380 e. The van der Waals surface area contributed by atoms with Crippen molar-refractivity contribution in [2.24, 2.45) is 4.99 Å². The van der Waals surface area contributed by atoms with Gasteiger partial charge in [0.15, 0.2) is 17.5 Å². The van der Waals surface area contributed by atoms with Crippen LogP contribution in [0.25, 0.3) is 10.9 Å². The Morgan fingerprint density at radius 3 is 2.76 bits per heavy atom. The van der Waals surface area contributed by atoms with Crippen molar-refractivity contribution in [3.63, 3.8) is 0 Å². The first-order valence-electron chi connectivity index (χ1n) is 8.77. The summed E-state index contributed by atoms with van der Waals surface area (Å²) in [6.45, 7) is 2.89. The lowest BCUT2D eigenvalue weighted by Crippen LogP contribution is -2.36. The Hall–Kier alpha value is -3.40. The van der Waals surface area contributed by atoms with Crippen molar-refractivity contribution in [3.05, 3.63) is 59.4 Å². The number of H-pyrrole nitrogens is 1. The molecule has 0 unspecified atom stereocenters. The number of carbonyl (C=O) groups is 1. The number of ether oxygens (including phenoxy) is 1. The second-order valence-electron chi connectivity index (χ2n) is 5.90. The van der Waals surface area contributed by atoms with E-state index in [9.17, 15) is 18.0 Å². The van der Waals surface area contributed by atoms with Crippen LogP contribution in [0.1, 0.15) is 17.3 Å². The number of guanidine groups is 1. The molecule has 0 bridgehead atoms. The van der Waals surface area contributed by atoms with Crippen LogP contribution in [0.15, 0.2) is 41.4 Å². The SMILES string of the molecule is CCOCCN=C(NC(=O)c1ccc(F)c(F)c1)Nc1n[nH]c2cc(F)ccc12. The summed E-state index contributed by atoms with van der Waals surface area (Å²) in [5.74, 6) is -2.98. The quantitative estimate of drug-likeness (QED) is 0.334. The molecule has 1 heterocycles.